The first-order chi connectivity index (χ1) is 11.6. The number of benzene rings is 2. The molecule has 0 amide bonds. The molecule has 4 nitrogen and oxygen atoms in total. The van der Waals surface area contributed by atoms with E-state index in [0.29, 0.717) is 4.77 Å². The van der Waals surface area contributed by atoms with Crippen LogP contribution in [-0.2, 0) is 0 Å². The summed E-state index contributed by atoms with van der Waals surface area (Å²) in [4.78, 5) is 3.44. The van der Waals surface area contributed by atoms with Crippen molar-refractivity contribution in [1.82, 2.24) is 19.7 Å². The summed E-state index contributed by atoms with van der Waals surface area (Å²) in [7, 11) is 0. The molecule has 0 fully saturated rings. The van der Waals surface area contributed by atoms with Gasteiger partial charge in [-0.15, -0.1) is 0 Å². The minimum atomic E-state index is 0.596. The second-order valence-electron chi connectivity index (χ2n) is 6.08. The SMILES string of the molecule is Cc1ccccc1-c1n[nH]c(=S)n1-c1cccc2[nH]c(C)c(C)c12. The maximum Gasteiger partial charge on any atom is 0.200 e. The fourth-order valence-electron chi connectivity index (χ4n) is 3.23. The lowest BCUT2D eigenvalue weighted by Crippen LogP contribution is -2.00. The van der Waals surface area contributed by atoms with E-state index in [1.165, 1.54) is 22.2 Å². The predicted octanol–water partition coefficient (Wildman–Crippen LogP) is 5.00. The molecule has 0 aliphatic rings. The smallest absolute Gasteiger partial charge is 0.200 e. The molecule has 120 valence electrons. The van der Waals surface area contributed by atoms with Gasteiger partial charge in [-0.25, -0.2) is 0 Å². The fourth-order valence-corrected chi connectivity index (χ4v) is 3.46. The highest BCUT2D eigenvalue weighted by Gasteiger charge is 2.16. The van der Waals surface area contributed by atoms with Gasteiger partial charge in [0, 0.05) is 22.2 Å². The van der Waals surface area contributed by atoms with Crippen LogP contribution in [0.2, 0.25) is 0 Å². The minimum Gasteiger partial charge on any atom is -0.358 e. The molecule has 0 atom stereocenters. The van der Waals surface area contributed by atoms with Crippen LogP contribution in [0, 0.1) is 25.5 Å². The summed E-state index contributed by atoms with van der Waals surface area (Å²) in [5.74, 6) is 0.837. The Bertz CT molecular complexity index is 1110. The predicted molar refractivity (Wildman–Crippen MR) is 100 cm³/mol. The van der Waals surface area contributed by atoms with E-state index in [1.54, 1.807) is 0 Å². The Morgan fingerprint density at radius 2 is 1.79 bits per heavy atom. The fraction of sp³-hybridized carbons (Fsp3) is 0.158. The maximum atomic E-state index is 5.55. The van der Waals surface area contributed by atoms with Gasteiger partial charge in [-0.3, -0.25) is 9.67 Å². The zero-order valence-corrected chi connectivity index (χ0v) is 14.7. The Kier molecular flexibility index (Phi) is 3.39. The molecule has 2 aromatic carbocycles. The van der Waals surface area contributed by atoms with Gasteiger partial charge >= 0.3 is 0 Å². The number of hydrogen-bond acceptors (Lipinski definition) is 2. The lowest BCUT2D eigenvalue weighted by Gasteiger charge is -2.11. The molecule has 0 aliphatic heterocycles. The van der Waals surface area contributed by atoms with E-state index in [-0.39, 0.29) is 0 Å². The average Bonchev–Trinajstić information content (AvgIpc) is 3.08. The van der Waals surface area contributed by atoms with Crippen molar-refractivity contribution in [2.24, 2.45) is 0 Å². The van der Waals surface area contributed by atoms with Gasteiger partial charge in [0.25, 0.3) is 0 Å². The summed E-state index contributed by atoms with van der Waals surface area (Å²) in [6, 6.07) is 14.5. The van der Waals surface area contributed by atoms with E-state index in [9.17, 15) is 0 Å². The summed E-state index contributed by atoms with van der Waals surface area (Å²) >= 11 is 5.55. The quantitative estimate of drug-likeness (QED) is 0.507. The molecule has 0 unspecified atom stereocenters. The number of fused-ring (bicyclic) bond motifs is 1. The largest absolute Gasteiger partial charge is 0.358 e. The van der Waals surface area contributed by atoms with Crippen molar-refractivity contribution >= 4 is 23.1 Å². The van der Waals surface area contributed by atoms with Gasteiger partial charge in [-0.1, -0.05) is 30.3 Å². The topological polar surface area (TPSA) is 49.4 Å². The summed E-state index contributed by atoms with van der Waals surface area (Å²) in [5, 5.41) is 8.64. The number of aryl methyl sites for hydroxylation is 3. The molecule has 2 N–H and O–H groups in total. The van der Waals surface area contributed by atoms with E-state index in [2.05, 4.69) is 60.2 Å². The van der Waals surface area contributed by atoms with Crippen molar-refractivity contribution in [3.05, 3.63) is 64.1 Å². The Labute approximate surface area is 145 Å². The molecule has 0 bridgehead atoms. The molecular weight excluding hydrogens is 316 g/mol. The first-order valence-electron chi connectivity index (χ1n) is 7.89. The van der Waals surface area contributed by atoms with E-state index in [4.69, 9.17) is 12.2 Å². The number of nitrogens with one attached hydrogen (secondary N) is 2. The van der Waals surface area contributed by atoms with Crippen molar-refractivity contribution in [2.45, 2.75) is 20.8 Å². The maximum absolute atomic E-state index is 5.55. The standard InChI is InChI=1S/C19H18N4S/c1-11-7-4-5-8-14(11)18-21-22-19(24)23(18)16-10-6-9-15-17(16)12(2)13(3)20-15/h4-10,20H,1-3H3,(H,22,24). The highest BCUT2D eigenvalue weighted by molar-refractivity contribution is 7.71. The van der Waals surface area contributed by atoms with E-state index >= 15 is 0 Å². The van der Waals surface area contributed by atoms with Crippen LogP contribution in [0.1, 0.15) is 16.8 Å². The number of aromatic nitrogens is 4. The van der Waals surface area contributed by atoms with Crippen molar-refractivity contribution in [2.75, 3.05) is 0 Å². The molecule has 0 spiro atoms. The normalized spacial score (nSPS) is 11.3. The number of hydrogen-bond donors (Lipinski definition) is 2. The molecule has 5 heteroatoms. The molecule has 2 heterocycles. The zero-order chi connectivity index (χ0) is 16.8. The third-order valence-corrected chi connectivity index (χ3v) is 4.88. The number of rotatable bonds is 2. The van der Waals surface area contributed by atoms with Crippen molar-refractivity contribution < 1.29 is 0 Å². The third kappa shape index (κ3) is 2.12. The van der Waals surface area contributed by atoms with Crippen LogP contribution in [-0.4, -0.2) is 19.7 Å². The minimum absolute atomic E-state index is 0.596. The van der Waals surface area contributed by atoms with Crippen LogP contribution < -0.4 is 0 Å². The molecule has 24 heavy (non-hydrogen) atoms. The molecule has 0 radical (unpaired) electrons. The van der Waals surface area contributed by atoms with Crippen LogP contribution in [0.5, 0.6) is 0 Å². The summed E-state index contributed by atoms with van der Waals surface area (Å²) in [6.45, 7) is 6.31. The second kappa shape index (κ2) is 5.46. The first kappa shape index (κ1) is 14.9. The summed E-state index contributed by atoms with van der Waals surface area (Å²) in [6.07, 6.45) is 0. The molecule has 0 saturated carbocycles. The number of nitrogens with zero attached hydrogens (tertiary/aromatic N) is 2. The monoisotopic (exact) mass is 334 g/mol. The highest BCUT2D eigenvalue weighted by atomic mass is 32.1. The van der Waals surface area contributed by atoms with Gasteiger partial charge < -0.3 is 4.98 Å². The molecule has 0 saturated heterocycles. The number of aromatic amines is 2. The lowest BCUT2D eigenvalue weighted by atomic mass is 10.1. The Morgan fingerprint density at radius 1 is 1.00 bits per heavy atom. The van der Waals surface area contributed by atoms with Crippen LogP contribution in [0.3, 0.4) is 0 Å². The second-order valence-corrected chi connectivity index (χ2v) is 6.46. The van der Waals surface area contributed by atoms with Crippen LogP contribution in [0.25, 0.3) is 28.0 Å². The van der Waals surface area contributed by atoms with Crippen molar-refractivity contribution in [1.29, 1.82) is 0 Å². The summed E-state index contributed by atoms with van der Waals surface area (Å²) in [5.41, 5.74) is 6.81. The lowest BCUT2D eigenvalue weighted by molar-refractivity contribution is 1.04. The van der Waals surface area contributed by atoms with Gasteiger partial charge in [0.2, 0.25) is 0 Å². The average molecular weight is 334 g/mol. The molecule has 4 rings (SSSR count). The zero-order valence-electron chi connectivity index (χ0n) is 13.8. The van der Waals surface area contributed by atoms with Crippen LogP contribution in [0.15, 0.2) is 42.5 Å². The highest BCUT2D eigenvalue weighted by Crippen LogP contribution is 2.31. The van der Waals surface area contributed by atoms with Crippen LogP contribution >= 0.6 is 12.2 Å². The third-order valence-electron chi connectivity index (χ3n) is 4.60. The van der Waals surface area contributed by atoms with E-state index < -0.39 is 0 Å². The van der Waals surface area contributed by atoms with Gasteiger partial charge in [0.15, 0.2) is 10.6 Å². The molecular formula is C19H18N4S. The Hall–Kier alpha value is -2.66. The Balaban J connectivity index is 2.08. The van der Waals surface area contributed by atoms with Gasteiger partial charge in [-0.05, 0) is 56.2 Å². The Morgan fingerprint density at radius 3 is 2.58 bits per heavy atom. The van der Waals surface area contributed by atoms with Gasteiger partial charge in [0.05, 0.1) is 5.69 Å². The van der Waals surface area contributed by atoms with E-state index in [0.717, 1.165) is 22.6 Å². The first-order valence-corrected chi connectivity index (χ1v) is 8.30. The van der Waals surface area contributed by atoms with Crippen molar-refractivity contribution in [3.8, 4) is 17.1 Å². The van der Waals surface area contributed by atoms with E-state index in [1.807, 2.05) is 22.8 Å². The van der Waals surface area contributed by atoms with Crippen LogP contribution in [0.4, 0.5) is 0 Å². The molecule has 0 aliphatic carbocycles. The van der Waals surface area contributed by atoms with Gasteiger partial charge in [0.1, 0.15) is 0 Å². The molecule has 4 aromatic rings. The summed E-state index contributed by atoms with van der Waals surface area (Å²) < 4.78 is 2.62. The van der Waals surface area contributed by atoms with Gasteiger partial charge in [-0.2, -0.15) is 5.10 Å². The van der Waals surface area contributed by atoms with Crippen molar-refractivity contribution in [3.63, 3.8) is 0 Å². The number of H-pyrrole nitrogens is 2. The molecule has 2 aromatic heterocycles.